The van der Waals surface area contributed by atoms with E-state index >= 15 is 0 Å². The molecule has 1 aromatic heterocycles. The van der Waals surface area contributed by atoms with Gasteiger partial charge in [0.25, 0.3) is 0 Å². The first kappa shape index (κ1) is 20.4. The van der Waals surface area contributed by atoms with Gasteiger partial charge in [-0.15, -0.1) is 0 Å². The molecule has 1 spiro atoms. The molecule has 1 fully saturated rings. The smallest absolute Gasteiger partial charge is 0.149 e. The number of hydrogen-bond acceptors (Lipinski definition) is 6. The van der Waals surface area contributed by atoms with Crippen molar-refractivity contribution in [2.75, 3.05) is 20.8 Å². The summed E-state index contributed by atoms with van der Waals surface area (Å²) < 4.78 is 11.6. The topological polar surface area (TPSA) is 109 Å². The van der Waals surface area contributed by atoms with Crippen molar-refractivity contribution in [3.8, 4) is 0 Å². The maximum absolute atomic E-state index is 11.6. The molecule has 0 bridgehead atoms. The lowest BCUT2D eigenvalue weighted by Gasteiger charge is -2.47. The van der Waals surface area contributed by atoms with Crippen molar-refractivity contribution in [3.05, 3.63) is 42.2 Å². The van der Waals surface area contributed by atoms with Crippen LogP contribution in [0.3, 0.4) is 0 Å². The maximum Gasteiger partial charge on any atom is 0.149 e. The van der Waals surface area contributed by atoms with E-state index in [0.29, 0.717) is 6.61 Å². The zero-order valence-corrected chi connectivity index (χ0v) is 14.6. The summed E-state index contributed by atoms with van der Waals surface area (Å²) in [7, 11) is 3.09. The number of nitrogens with two attached hydrogens (primary N) is 1. The third kappa shape index (κ3) is 3.72. The molecule has 6 heteroatoms. The summed E-state index contributed by atoms with van der Waals surface area (Å²) in [4.78, 5) is 16.1. The van der Waals surface area contributed by atoms with Crippen molar-refractivity contribution >= 4 is 6.29 Å². The average Bonchev–Trinajstić information content (AvgIpc) is 3.06. The van der Waals surface area contributed by atoms with E-state index in [-0.39, 0.29) is 11.8 Å². The second-order valence-electron chi connectivity index (χ2n) is 5.94. The Hall–Kier alpha value is -1.60. The van der Waals surface area contributed by atoms with Crippen LogP contribution in [0.15, 0.2) is 36.5 Å². The molecule has 0 amide bonds. The van der Waals surface area contributed by atoms with Gasteiger partial charge in [-0.2, -0.15) is 0 Å². The van der Waals surface area contributed by atoms with E-state index < -0.39 is 11.5 Å². The van der Waals surface area contributed by atoms with Crippen LogP contribution in [0.2, 0.25) is 0 Å². The third-order valence-corrected chi connectivity index (χ3v) is 4.81. The largest absolute Gasteiger partial charge is 0.373 e. The van der Waals surface area contributed by atoms with Crippen molar-refractivity contribution in [2.45, 2.75) is 42.8 Å². The fourth-order valence-electron chi connectivity index (χ4n) is 3.76. The summed E-state index contributed by atoms with van der Waals surface area (Å²) in [6, 6.07) is 5.85. The number of carbonyl (C=O) groups is 1. The van der Waals surface area contributed by atoms with E-state index in [2.05, 4.69) is 22.9 Å². The molecule has 6 nitrogen and oxygen atoms in total. The summed E-state index contributed by atoms with van der Waals surface area (Å²) in [6.45, 7) is 0.620. The molecule has 5 N–H and O–H groups in total. The Bertz CT molecular complexity index is 538. The van der Waals surface area contributed by atoms with Crippen molar-refractivity contribution < 1.29 is 14.3 Å². The van der Waals surface area contributed by atoms with Gasteiger partial charge in [-0.25, -0.2) is 0 Å². The monoisotopic (exact) mass is 335 g/mol. The molecule has 0 aromatic carbocycles. The number of ether oxygens (including phenoxy) is 2. The number of aromatic nitrogens is 1. The number of rotatable bonds is 4. The van der Waals surface area contributed by atoms with Gasteiger partial charge in [-0.1, -0.05) is 18.2 Å². The molecule has 0 saturated carbocycles. The molecule has 3 rings (SSSR count). The quantitative estimate of drug-likeness (QED) is 0.644. The number of hydrogen-bond donors (Lipinski definition) is 2. The van der Waals surface area contributed by atoms with Gasteiger partial charge in [0.2, 0.25) is 0 Å². The van der Waals surface area contributed by atoms with Crippen molar-refractivity contribution in [2.24, 2.45) is 5.73 Å². The van der Waals surface area contributed by atoms with Gasteiger partial charge in [0, 0.05) is 25.6 Å². The molecular formula is C18H29N3O3. The molecular weight excluding hydrogens is 306 g/mol. The van der Waals surface area contributed by atoms with E-state index in [9.17, 15) is 4.79 Å². The Labute approximate surface area is 144 Å². The molecule has 3 atom stereocenters. The Morgan fingerprint density at radius 3 is 2.71 bits per heavy atom. The van der Waals surface area contributed by atoms with Crippen molar-refractivity contribution in [1.29, 1.82) is 0 Å². The molecule has 1 aliphatic carbocycles. The summed E-state index contributed by atoms with van der Waals surface area (Å²) in [5.41, 5.74) is 4.74. The molecule has 2 aliphatic rings. The second-order valence-corrected chi connectivity index (χ2v) is 5.94. The zero-order chi connectivity index (χ0) is 16.8. The van der Waals surface area contributed by atoms with E-state index in [1.54, 1.807) is 13.3 Å². The van der Waals surface area contributed by atoms with Crippen LogP contribution in [0.25, 0.3) is 0 Å². The van der Waals surface area contributed by atoms with Crippen LogP contribution < -0.4 is 11.9 Å². The minimum absolute atomic E-state index is 0. The lowest BCUT2D eigenvalue weighted by atomic mass is 9.67. The van der Waals surface area contributed by atoms with Gasteiger partial charge >= 0.3 is 0 Å². The highest BCUT2D eigenvalue weighted by Crippen LogP contribution is 2.47. The number of pyridine rings is 1. The molecule has 24 heavy (non-hydrogen) atoms. The number of aldehydes is 1. The highest BCUT2D eigenvalue weighted by Gasteiger charge is 2.51. The summed E-state index contributed by atoms with van der Waals surface area (Å²) in [5, 5.41) is 0. The zero-order valence-electron chi connectivity index (χ0n) is 14.6. The SMILES string of the molecule is CN.COC(C=O)C1(c2ccccn2)CCOC2(C=CCC2)C1.N. The fourth-order valence-corrected chi connectivity index (χ4v) is 3.76. The highest BCUT2D eigenvalue weighted by atomic mass is 16.5. The number of methoxy groups -OCH3 is 1. The highest BCUT2D eigenvalue weighted by molar-refractivity contribution is 5.60. The Kier molecular flexibility index (Phi) is 7.69. The van der Waals surface area contributed by atoms with Crippen LogP contribution in [0.4, 0.5) is 0 Å². The Morgan fingerprint density at radius 1 is 1.38 bits per heavy atom. The predicted molar refractivity (Wildman–Crippen MR) is 94.2 cm³/mol. The first-order chi connectivity index (χ1) is 11.2. The molecule has 134 valence electrons. The van der Waals surface area contributed by atoms with Gasteiger partial charge in [-0.05, 0) is 44.9 Å². The third-order valence-electron chi connectivity index (χ3n) is 4.81. The van der Waals surface area contributed by atoms with Gasteiger partial charge in [0.05, 0.1) is 11.0 Å². The van der Waals surface area contributed by atoms with E-state index in [1.165, 1.54) is 7.05 Å². The van der Waals surface area contributed by atoms with Crippen LogP contribution in [0.1, 0.15) is 31.4 Å². The summed E-state index contributed by atoms with van der Waals surface area (Å²) >= 11 is 0. The van der Waals surface area contributed by atoms with E-state index in [4.69, 9.17) is 9.47 Å². The first-order valence-corrected chi connectivity index (χ1v) is 8.04. The van der Waals surface area contributed by atoms with Crippen LogP contribution in [-0.4, -0.2) is 43.7 Å². The lowest BCUT2D eigenvalue weighted by molar-refractivity contribution is -0.134. The number of carbonyl (C=O) groups excluding carboxylic acids is 1. The van der Waals surface area contributed by atoms with Crippen LogP contribution in [-0.2, 0) is 19.7 Å². The minimum atomic E-state index is -0.498. The van der Waals surface area contributed by atoms with Crippen molar-refractivity contribution in [3.63, 3.8) is 0 Å². The van der Waals surface area contributed by atoms with Crippen LogP contribution >= 0.6 is 0 Å². The van der Waals surface area contributed by atoms with Gasteiger partial charge in [0.15, 0.2) is 0 Å². The molecule has 3 unspecified atom stereocenters. The Balaban J connectivity index is 0.000000925. The fraction of sp³-hybridized carbons (Fsp3) is 0.556. The molecule has 2 heterocycles. The summed E-state index contributed by atoms with van der Waals surface area (Å²) in [6.07, 6.45) is 9.99. The second kappa shape index (κ2) is 9.03. The van der Waals surface area contributed by atoms with E-state index in [0.717, 1.165) is 37.7 Å². The van der Waals surface area contributed by atoms with Gasteiger partial charge in [-0.3, -0.25) is 4.98 Å². The van der Waals surface area contributed by atoms with Gasteiger partial charge < -0.3 is 26.2 Å². The summed E-state index contributed by atoms with van der Waals surface area (Å²) in [5.74, 6) is 0. The molecule has 1 aromatic rings. The molecule has 0 radical (unpaired) electrons. The van der Waals surface area contributed by atoms with Gasteiger partial charge in [0.1, 0.15) is 12.4 Å². The lowest BCUT2D eigenvalue weighted by Crippen LogP contribution is -2.53. The number of allylic oxidation sites excluding steroid dienone is 1. The number of nitrogens with zero attached hydrogens (tertiary/aromatic N) is 1. The Morgan fingerprint density at radius 2 is 2.17 bits per heavy atom. The molecule has 1 aliphatic heterocycles. The van der Waals surface area contributed by atoms with Crippen LogP contribution in [0.5, 0.6) is 0 Å². The van der Waals surface area contributed by atoms with Crippen molar-refractivity contribution in [1.82, 2.24) is 11.1 Å². The van der Waals surface area contributed by atoms with Crippen LogP contribution in [0, 0.1) is 0 Å². The standard InChI is InChI=1S/C17H21NO3.CH5N.H3N/c1-20-15(12-19)17(14-6-2-5-10-18-14)9-11-21-16(13-17)7-3-4-8-16;1-2;/h2-3,5-7,10,12,15H,4,8-9,11,13H2,1H3;2H2,1H3;1H3. The average molecular weight is 335 g/mol. The maximum atomic E-state index is 11.6. The van der Waals surface area contributed by atoms with E-state index in [1.807, 2.05) is 18.2 Å². The first-order valence-electron chi connectivity index (χ1n) is 8.04. The normalized spacial score (nSPS) is 29.3. The predicted octanol–water partition coefficient (Wildman–Crippen LogP) is 2.17. The minimum Gasteiger partial charge on any atom is -0.373 e. The molecule has 1 saturated heterocycles.